The zero-order valence-corrected chi connectivity index (χ0v) is 22.5. The normalized spacial score (nSPS) is 15.6. The molecule has 1 N–H and O–H groups in total. The molecule has 0 heterocycles. The van der Waals surface area contributed by atoms with Crippen LogP contribution in [0.1, 0.15) is 67.3 Å². The van der Waals surface area contributed by atoms with Crippen molar-refractivity contribution in [3.63, 3.8) is 0 Å². The number of aryl methyl sites for hydroxylation is 3. The van der Waals surface area contributed by atoms with Gasteiger partial charge in [-0.1, -0.05) is 31.4 Å². The van der Waals surface area contributed by atoms with Crippen LogP contribution in [0.15, 0.2) is 35.2 Å². The maximum Gasteiger partial charge on any atom is 0.243 e. The van der Waals surface area contributed by atoms with Crippen LogP contribution in [0, 0.1) is 20.8 Å². The predicted octanol–water partition coefficient (Wildman–Crippen LogP) is 4.83. The van der Waals surface area contributed by atoms with E-state index < -0.39 is 10.0 Å². The van der Waals surface area contributed by atoms with E-state index in [4.69, 9.17) is 9.47 Å². The Hall–Kier alpha value is -2.58. The van der Waals surface area contributed by atoms with Gasteiger partial charge in [-0.15, -0.1) is 0 Å². The van der Waals surface area contributed by atoms with E-state index in [0.29, 0.717) is 11.5 Å². The molecule has 0 spiro atoms. The Balaban J connectivity index is 1.87. The third-order valence-corrected chi connectivity index (χ3v) is 8.86. The third-order valence-electron chi connectivity index (χ3n) is 6.97. The number of carbonyl (C=O) groups is 1. The van der Waals surface area contributed by atoms with Gasteiger partial charge in [-0.05, 0) is 74.9 Å². The van der Waals surface area contributed by atoms with Crippen molar-refractivity contribution in [2.75, 3.05) is 20.8 Å². The first-order valence-electron chi connectivity index (χ1n) is 12.2. The van der Waals surface area contributed by atoms with Gasteiger partial charge >= 0.3 is 0 Å². The zero-order valence-electron chi connectivity index (χ0n) is 21.7. The summed E-state index contributed by atoms with van der Waals surface area (Å²) in [5.74, 6) is 0.469. The molecule has 0 saturated heterocycles. The Labute approximate surface area is 209 Å². The van der Waals surface area contributed by atoms with Crippen molar-refractivity contribution in [3.05, 3.63) is 52.6 Å². The lowest BCUT2D eigenvalue weighted by Gasteiger charge is -2.33. The van der Waals surface area contributed by atoms with Gasteiger partial charge in [-0.2, -0.15) is 4.31 Å². The summed E-state index contributed by atoms with van der Waals surface area (Å²) < 4.78 is 39.5. The average Bonchev–Trinajstić information content (AvgIpc) is 2.84. The quantitative estimate of drug-likeness (QED) is 0.531. The Morgan fingerprint density at radius 2 is 1.60 bits per heavy atom. The van der Waals surface area contributed by atoms with E-state index in [1.54, 1.807) is 6.07 Å². The molecule has 1 fully saturated rings. The fraction of sp³-hybridized carbons (Fsp3) is 0.519. The Bertz CT molecular complexity index is 1160. The molecule has 0 bridgehead atoms. The third kappa shape index (κ3) is 6.16. The molecule has 1 aliphatic carbocycles. The van der Waals surface area contributed by atoms with Crippen LogP contribution in [0.2, 0.25) is 0 Å². The largest absolute Gasteiger partial charge is 0.493 e. The number of nitrogens with zero attached hydrogens (tertiary/aromatic N) is 1. The van der Waals surface area contributed by atoms with Crippen LogP contribution in [0.4, 0.5) is 0 Å². The van der Waals surface area contributed by atoms with E-state index in [1.165, 1.54) is 36.2 Å². The molecular weight excluding hydrogens is 464 g/mol. The number of benzene rings is 2. The number of carbonyl (C=O) groups excluding carboxylic acids is 1. The number of methoxy groups -OCH3 is 2. The maximum absolute atomic E-state index is 13.8. The van der Waals surface area contributed by atoms with Crippen molar-refractivity contribution in [1.82, 2.24) is 9.62 Å². The molecular formula is C27H38N2O5S. The van der Waals surface area contributed by atoms with Gasteiger partial charge < -0.3 is 14.8 Å². The number of nitrogens with one attached hydrogen (secondary N) is 1. The highest BCUT2D eigenvalue weighted by molar-refractivity contribution is 7.89. The number of sulfonamides is 1. The van der Waals surface area contributed by atoms with E-state index in [0.717, 1.165) is 48.8 Å². The lowest BCUT2D eigenvalue weighted by molar-refractivity contribution is -0.122. The highest BCUT2D eigenvalue weighted by atomic mass is 32.2. The smallest absolute Gasteiger partial charge is 0.243 e. The minimum absolute atomic E-state index is 0.0894. The molecule has 0 aliphatic heterocycles. The molecule has 0 unspecified atom stereocenters. The van der Waals surface area contributed by atoms with Crippen LogP contribution in [-0.4, -0.2) is 45.4 Å². The van der Waals surface area contributed by atoms with Gasteiger partial charge in [0.1, 0.15) is 0 Å². The van der Waals surface area contributed by atoms with E-state index in [1.807, 2.05) is 20.8 Å². The molecule has 0 aromatic heterocycles. The summed E-state index contributed by atoms with van der Waals surface area (Å²) in [6.07, 6.45) is 4.46. The van der Waals surface area contributed by atoms with Crippen LogP contribution >= 0.6 is 0 Å². The predicted molar refractivity (Wildman–Crippen MR) is 138 cm³/mol. The van der Waals surface area contributed by atoms with Crippen molar-refractivity contribution < 1.29 is 22.7 Å². The fourth-order valence-corrected chi connectivity index (χ4v) is 6.50. The molecule has 0 radical (unpaired) electrons. The second kappa shape index (κ2) is 11.4. The van der Waals surface area contributed by atoms with Crippen molar-refractivity contribution in [2.24, 2.45) is 0 Å². The minimum Gasteiger partial charge on any atom is -0.493 e. The van der Waals surface area contributed by atoms with Crippen LogP contribution in [0.25, 0.3) is 0 Å². The molecule has 35 heavy (non-hydrogen) atoms. The highest BCUT2D eigenvalue weighted by Crippen LogP contribution is 2.33. The van der Waals surface area contributed by atoms with E-state index in [2.05, 4.69) is 24.4 Å². The Morgan fingerprint density at radius 1 is 0.971 bits per heavy atom. The topological polar surface area (TPSA) is 84.9 Å². The SMILES string of the molecule is COc1ccc(S(=O)(=O)N(CC(=O)N[C@H](C)c2cc(C)c(C)cc2C)C2CCCCC2)cc1OC. The molecule has 1 amide bonds. The molecule has 1 atom stereocenters. The van der Waals surface area contributed by atoms with Gasteiger partial charge in [-0.3, -0.25) is 4.79 Å². The van der Waals surface area contributed by atoms with Gasteiger partial charge in [0.05, 0.1) is 31.7 Å². The first-order valence-corrected chi connectivity index (χ1v) is 13.6. The van der Waals surface area contributed by atoms with Crippen molar-refractivity contribution in [1.29, 1.82) is 0 Å². The molecule has 1 aliphatic rings. The average molecular weight is 503 g/mol. The summed E-state index contributed by atoms with van der Waals surface area (Å²) in [4.78, 5) is 13.3. The summed E-state index contributed by atoms with van der Waals surface area (Å²) in [5, 5.41) is 3.03. The molecule has 8 heteroatoms. The number of ether oxygens (including phenoxy) is 2. The number of hydrogen-bond acceptors (Lipinski definition) is 5. The van der Waals surface area contributed by atoms with Gasteiger partial charge in [0.25, 0.3) is 0 Å². The highest BCUT2D eigenvalue weighted by Gasteiger charge is 2.35. The molecule has 3 rings (SSSR count). The number of amides is 1. The second-order valence-corrected chi connectivity index (χ2v) is 11.3. The number of hydrogen-bond donors (Lipinski definition) is 1. The Kier molecular flexibility index (Phi) is 8.83. The van der Waals surface area contributed by atoms with Crippen LogP contribution in [0.5, 0.6) is 11.5 Å². The molecule has 2 aromatic carbocycles. The lowest BCUT2D eigenvalue weighted by Crippen LogP contribution is -2.47. The summed E-state index contributed by atoms with van der Waals surface area (Å²) in [6.45, 7) is 7.85. The van der Waals surface area contributed by atoms with Gasteiger partial charge in [-0.25, -0.2) is 8.42 Å². The van der Waals surface area contributed by atoms with Crippen LogP contribution < -0.4 is 14.8 Å². The molecule has 192 valence electrons. The summed E-state index contributed by atoms with van der Waals surface area (Å²) >= 11 is 0. The van der Waals surface area contributed by atoms with Crippen molar-refractivity contribution >= 4 is 15.9 Å². The maximum atomic E-state index is 13.8. The first-order chi connectivity index (χ1) is 16.6. The monoisotopic (exact) mass is 502 g/mol. The molecule has 1 saturated carbocycles. The molecule has 2 aromatic rings. The first kappa shape index (κ1) is 27.0. The van der Waals surface area contributed by atoms with Crippen LogP contribution in [-0.2, 0) is 14.8 Å². The minimum atomic E-state index is -3.94. The fourth-order valence-electron chi connectivity index (χ4n) is 4.85. The zero-order chi connectivity index (χ0) is 25.8. The van der Waals surface area contributed by atoms with Crippen LogP contribution in [0.3, 0.4) is 0 Å². The van der Waals surface area contributed by atoms with Gasteiger partial charge in [0.15, 0.2) is 11.5 Å². The number of rotatable bonds is 9. The molecule has 7 nitrogen and oxygen atoms in total. The summed E-state index contributed by atoms with van der Waals surface area (Å²) in [6, 6.07) is 8.30. The summed E-state index contributed by atoms with van der Waals surface area (Å²) in [7, 11) is -0.965. The van der Waals surface area contributed by atoms with E-state index in [9.17, 15) is 13.2 Å². The van der Waals surface area contributed by atoms with E-state index in [-0.39, 0.29) is 29.4 Å². The van der Waals surface area contributed by atoms with E-state index >= 15 is 0 Å². The summed E-state index contributed by atoms with van der Waals surface area (Å²) in [5.41, 5.74) is 4.50. The van der Waals surface area contributed by atoms with Gasteiger partial charge in [0.2, 0.25) is 15.9 Å². The lowest BCUT2D eigenvalue weighted by atomic mass is 9.95. The second-order valence-electron chi connectivity index (χ2n) is 9.44. The van der Waals surface area contributed by atoms with Gasteiger partial charge in [0, 0.05) is 12.1 Å². The Morgan fingerprint density at radius 3 is 2.23 bits per heavy atom. The van der Waals surface area contributed by atoms with Crippen molar-refractivity contribution in [2.45, 2.75) is 76.8 Å². The van der Waals surface area contributed by atoms with Crippen molar-refractivity contribution in [3.8, 4) is 11.5 Å². The standard InChI is InChI=1S/C27H38N2O5S/c1-18-14-20(3)24(15-19(18)2)21(4)28-27(30)17-29(22-10-8-7-9-11-22)35(31,32)23-12-13-25(33-5)26(16-23)34-6/h12-16,21-22H,7-11,17H2,1-6H3,(H,28,30)/t21-/m1/s1.